The fourth-order valence-electron chi connectivity index (χ4n) is 5.62. The molecule has 8 nitrogen and oxygen atoms in total. The van der Waals surface area contributed by atoms with Crippen LogP contribution in [0.15, 0.2) is 41.9 Å². The van der Waals surface area contributed by atoms with E-state index in [0.29, 0.717) is 47.0 Å². The number of aromatic nitrogens is 2. The summed E-state index contributed by atoms with van der Waals surface area (Å²) in [7, 11) is 1.66. The summed E-state index contributed by atoms with van der Waals surface area (Å²) in [5.74, 6) is -0.621. The molecule has 0 bridgehead atoms. The lowest BCUT2D eigenvalue weighted by molar-refractivity contribution is -0.140. The highest BCUT2D eigenvalue weighted by Crippen LogP contribution is 2.38. The Hall–Kier alpha value is -3.30. The van der Waals surface area contributed by atoms with E-state index in [2.05, 4.69) is 4.98 Å². The maximum absolute atomic E-state index is 13.4. The molecule has 2 amide bonds. The van der Waals surface area contributed by atoms with Crippen molar-refractivity contribution in [3.05, 3.63) is 46.9 Å². The lowest BCUT2D eigenvalue weighted by Gasteiger charge is -2.23. The van der Waals surface area contributed by atoms with Crippen molar-refractivity contribution in [3.8, 4) is 22.4 Å². The van der Waals surface area contributed by atoms with E-state index in [0.717, 1.165) is 48.8 Å². The number of nitrogens with zero attached hydrogens (tertiary/aromatic N) is 4. The van der Waals surface area contributed by atoms with Crippen LogP contribution in [0.4, 0.5) is 10.9 Å². The van der Waals surface area contributed by atoms with Crippen molar-refractivity contribution in [1.29, 1.82) is 0 Å². The van der Waals surface area contributed by atoms with E-state index in [1.165, 1.54) is 16.2 Å². The SMILES string of the molecule is CN(C(=O)C(CC(=O)O)CC1CCCC1)c1nc(-c2cc(Cl)ccc2-c2ccc(N3CCCC3=O)nc2)cs1. The second-order valence-electron chi connectivity index (χ2n) is 10.3. The van der Waals surface area contributed by atoms with Crippen molar-refractivity contribution >= 4 is 51.7 Å². The van der Waals surface area contributed by atoms with Crippen LogP contribution in [-0.2, 0) is 14.4 Å². The van der Waals surface area contributed by atoms with Gasteiger partial charge in [-0.1, -0.05) is 43.4 Å². The Morgan fingerprint density at radius 2 is 1.97 bits per heavy atom. The highest BCUT2D eigenvalue weighted by molar-refractivity contribution is 7.14. The third kappa shape index (κ3) is 6.15. The summed E-state index contributed by atoms with van der Waals surface area (Å²) in [6.07, 6.45) is 7.93. The lowest BCUT2D eigenvalue weighted by atomic mass is 9.90. The molecule has 2 fully saturated rings. The number of rotatable bonds is 9. The molecular weight excluding hydrogens is 536 g/mol. The van der Waals surface area contributed by atoms with Gasteiger partial charge in [0, 0.05) is 53.7 Å². The topological polar surface area (TPSA) is 104 Å². The second-order valence-corrected chi connectivity index (χ2v) is 11.6. The number of thiazole rings is 1. The molecule has 2 aromatic heterocycles. The van der Waals surface area contributed by atoms with Crippen molar-refractivity contribution in [1.82, 2.24) is 9.97 Å². The molecule has 0 spiro atoms. The highest BCUT2D eigenvalue weighted by atomic mass is 35.5. The second kappa shape index (κ2) is 11.8. The molecule has 2 aliphatic rings. The van der Waals surface area contributed by atoms with Gasteiger partial charge >= 0.3 is 5.97 Å². The average molecular weight is 567 g/mol. The van der Waals surface area contributed by atoms with Crippen LogP contribution in [-0.4, -0.2) is 46.5 Å². The van der Waals surface area contributed by atoms with Crippen molar-refractivity contribution in [2.24, 2.45) is 11.8 Å². The van der Waals surface area contributed by atoms with Crippen LogP contribution < -0.4 is 9.80 Å². The minimum Gasteiger partial charge on any atom is -0.481 e. The predicted molar refractivity (Wildman–Crippen MR) is 153 cm³/mol. The maximum atomic E-state index is 13.4. The molecule has 10 heteroatoms. The van der Waals surface area contributed by atoms with Crippen LogP contribution in [0.2, 0.25) is 5.02 Å². The number of benzene rings is 1. The Morgan fingerprint density at radius 1 is 1.18 bits per heavy atom. The number of halogens is 1. The number of pyridine rings is 1. The van der Waals surface area contributed by atoms with E-state index in [1.807, 2.05) is 29.6 Å². The summed E-state index contributed by atoms with van der Waals surface area (Å²) in [6.45, 7) is 0.680. The van der Waals surface area contributed by atoms with Gasteiger partial charge in [-0.3, -0.25) is 24.2 Å². The molecule has 3 aromatic rings. The predicted octanol–water partition coefficient (Wildman–Crippen LogP) is 6.29. The van der Waals surface area contributed by atoms with Gasteiger partial charge < -0.3 is 5.11 Å². The molecule has 1 saturated heterocycles. The summed E-state index contributed by atoms with van der Waals surface area (Å²) >= 11 is 7.70. The molecule has 1 N–H and O–H groups in total. The minimum absolute atomic E-state index is 0.0879. The third-order valence-electron chi connectivity index (χ3n) is 7.64. The van der Waals surface area contributed by atoms with Crippen LogP contribution in [0.1, 0.15) is 51.4 Å². The fraction of sp³-hybridized carbons (Fsp3) is 0.414. The van der Waals surface area contributed by atoms with E-state index >= 15 is 0 Å². The molecule has 1 saturated carbocycles. The van der Waals surface area contributed by atoms with Gasteiger partial charge in [-0.05, 0) is 48.6 Å². The number of anilines is 2. The quantitative estimate of drug-likeness (QED) is 0.326. The maximum Gasteiger partial charge on any atom is 0.304 e. The average Bonchev–Trinajstić information content (AvgIpc) is 3.70. The van der Waals surface area contributed by atoms with Gasteiger partial charge in [-0.25, -0.2) is 9.97 Å². The van der Waals surface area contributed by atoms with Crippen molar-refractivity contribution in [3.63, 3.8) is 0 Å². The largest absolute Gasteiger partial charge is 0.481 e. The zero-order valence-corrected chi connectivity index (χ0v) is 23.4. The Kier molecular flexibility index (Phi) is 8.28. The van der Waals surface area contributed by atoms with Crippen molar-refractivity contribution < 1.29 is 19.5 Å². The van der Waals surface area contributed by atoms with E-state index in [-0.39, 0.29) is 18.2 Å². The Bertz CT molecular complexity index is 1370. The number of carboxylic acids is 1. The zero-order valence-electron chi connectivity index (χ0n) is 21.8. The summed E-state index contributed by atoms with van der Waals surface area (Å²) in [6, 6.07) is 9.34. The first-order chi connectivity index (χ1) is 18.8. The molecule has 1 atom stereocenters. The van der Waals surface area contributed by atoms with Crippen LogP contribution in [0, 0.1) is 11.8 Å². The number of aliphatic carboxylic acids is 1. The number of amides is 2. The molecule has 1 unspecified atom stereocenters. The normalized spacial score (nSPS) is 16.6. The summed E-state index contributed by atoms with van der Waals surface area (Å²) < 4.78 is 0. The number of carbonyl (C=O) groups excluding carboxylic acids is 2. The van der Waals surface area contributed by atoms with E-state index in [9.17, 15) is 19.5 Å². The van der Waals surface area contributed by atoms with Gasteiger partial charge in [-0.2, -0.15) is 0 Å². The van der Waals surface area contributed by atoms with E-state index < -0.39 is 11.9 Å². The van der Waals surface area contributed by atoms with Crippen LogP contribution in [0.3, 0.4) is 0 Å². The monoisotopic (exact) mass is 566 g/mol. The number of hydrogen-bond donors (Lipinski definition) is 1. The van der Waals surface area contributed by atoms with Gasteiger partial charge in [0.2, 0.25) is 11.8 Å². The Balaban J connectivity index is 1.39. The fourth-order valence-corrected chi connectivity index (χ4v) is 6.58. The van der Waals surface area contributed by atoms with Crippen molar-refractivity contribution in [2.45, 2.75) is 51.4 Å². The molecule has 39 heavy (non-hydrogen) atoms. The van der Waals surface area contributed by atoms with Gasteiger partial charge in [0.1, 0.15) is 5.82 Å². The van der Waals surface area contributed by atoms with Crippen LogP contribution in [0.5, 0.6) is 0 Å². The molecule has 1 aliphatic heterocycles. The van der Waals surface area contributed by atoms with Crippen molar-refractivity contribution in [2.75, 3.05) is 23.4 Å². The standard InChI is InChI=1S/C29H31ClN4O4S/c1-33(28(38)20(14-27(36)37)13-18-5-2-3-6-18)29-32-24(17-39-29)23-15-21(30)9-10-22(23)19-8-11-25(31-16-19)34-12-4-7-26(34)35/h8-11,15-18,20H,2-7,12-14H2,1H3,(H,36,37). The first-order valence-corrected chi connectivity index (χ1v) is 14.6. The van der Waals surface area contributed by atoms with Gasteiger partial charge in [-0.15, -0.1) is 11.3 Å². The van der Waals surface area contributed by atoms with E-state index in [4.69, 9.17) is 16.6 Å². The Morgan fingerprint density at radius 3 is 2.64 bits per heavy atom. The molecular formula is C29H31ClN4O4S. The lowest BCUT2D eigenvalue weighted by Crippen LogP contribution is -2.35. The first-order valence-electron chi connectivity index (χ1n) is 13.3. The molecule has 1 aromatic carbocycles. The molecule has 5 rings (SSSR count). The molecule has 204 valence electrons. The van der Waals surface area contributed by atoms with Gasteiger partial charge in [0.15, 0.2) is 5.13 Å². The Labute approximate surface area is 236 Å². The smallest absolute Gasteiger partial charge is 0.304 e. The summed E-state index contributed by atoms with van der Waals surface area (Å²) in [5, 5.41) is 12.4. The summed E-state index contributed by atoms with van der Waals surface area (Å²) in [4.78, 5) is 49.5. The minimum atomic E-state index is -0.961. The van der Waals surface area contributed by atoms with Crippen LogP contribution in [0.25, 0.3) is 22.4 Å². The molecule has 0 radical (unpaired) electrons. The van der Waals surface area contributed by atoms with E-state index in [1.54, 1.807) is 24.2 Å². The molecule has 1 aliphatic carbocycles. The highest BCUT2D eigenvalue weighted by Gasteiger charge is 2.31. The number of hydrogen-bond acceptors (Lipinski definition) is 6. The first kappa shape index (κ1) is 27.3. The number of carboxylic acid groups (broad SMARTS) is 1. The van der Waals surface area contributed by atoms with Gasteiger partial charge in [0.25, 0.3) is 0 Å². The molecule has 3 heterocycles. The van der Waals surface area contributed by atoms with Crippen LogP contribution >= 0.6 is 22.9 Å². The number of carbonyl (C=O) groups is 3. The third-order valence-corrected chi connectivity index (χ3v) is 8.79. The van der Waals surface area contributed by atoms with Gasteiger partial charge in [0.05, 0.1) is 12.1 Å². The zero-order chi connectivity index (χ0) is 27.5. The summed E-state index contributed by atoms with van der Waals surface area (Å²) in [5.41, 5.74) is 3.19.